The van der Waals surface area contributed by atoms with Gasteiger partial charge in [0.25, 0.3) is 5.91 Å². The highest BCUT2D eigenvalue weighted by Gasteiger charge is 2.32. The van der Waals surface area contributed by atoms with Gasteiger partial charge >= 0.3 is 0 Å². The summed E-state index contributed by atoms with van der Waals surface area (Å²) in [7, 11) is 0. The SMILES string of the molecule is CCc1c(C(=O)N2CCN(C(=O)C(C)(C)C)CC2)cnn1-c1ccccc1. The van der Waals surface area contributed by atoms with E-state index in [1.54, 1.807) is 6.20 Å². The number of carbonyl (C=O) groups excluding carboxylic acids is 2. The fourth-order valence-electron chi connectivity index (χ4n) is 3.44. The third-order valence-corrected chi connectivity index (χ3v) is 4.93. The van der Waals surface area contributed by atoms with Gasteiger partial charge in [-0.05, 0) is 18.6 Å². The maximum atomic E-state index is 13.1. The quantitative estimate of drug-likeness (QED) is 0.837. The van der Waals surface area contributed by atoms with E-state index in [-0.39, 0.29) is 11.8 Å². The molecule has 6 nitrogen and oxygen atoms in total. The maximum absolute atomic E-state index is 13.1. The Morgan fingerprint density at radius 3 is 2.15 bits per heavy atom. The van der Waals surface area contributed by atoms with Crippen LogP contribution in [0.4, 0.5) is 0 Å². The Bertz CT molecular complexity index is 812. The number of rotatable bonds is 3. The van der Waals surface area contributed by atoms with Crippen LogP contribution in [0.3, 0.4) is 0 Å². The molecule has 1 aromatic carbocycles. The van der Waals surface area contributed by atoms with Gasteiger partial charge in [-0.2, -0.15) is 5.10 Å². The average molecular weight is 368 g/mol. The van der Waals surface area contributed by atoms with E-state index in [0.717, 1.165) is 17.8 Å². The van der Waals surface area contributed by atoms with Gasteiger partial charge in [-0.15, -0.1) is 0 Å². The van der Waals surface area contributed by atoms with Gasteiger partial charge in [0.15, 0.2) is 0 Å². The van der Waals surface area contributed by atoms with Gasteiger partial charge in [-0.3, -0.25) is 9.59 Å². The Balaban J connectivity index is 1.74. The molecule has 0 aliphatic carbocycles. The predicted molar refractivity (Wildman–Crippen MR) is 105 cm³/mol. The van der Waals surface area contributed by atoms with Crippen molar-refractivity contribution >= 4 is 11.8 Å². The summed E-state index contributed by atoms with van der Waals surface area (Å²) in [6.07, 6.45) is 2.39. The van der Waals surface area contributed by atoms with E-state index in [9.17, 15) is 9.59 Å². The summed E-state index contributed by atoms with van der Waals surface area (Å²) in [6, 6.07) is 9.85. The lowest BCUT2D eigenvalue weighted by Crippen LogP contribution is -2.53. The van der Waals surface area contributed by atoms with Gasteiger partial charge in [0, 0.05) is 31.6 Å². The van der Waals surface area contributed by atoms with E-state index in [0.29, 0.717) is 31.7 Å². The van der Waals surface area contributed by atoms with Gasteiger partial charge in [0.05, 0.1) is 23.1 Å². The minimum atomic E-state index is -0.390. The monoisotopic (exact) mass is 368 g/mol. The molecule has 0 spiro atoms. The molecular weight excluding hydrogens is 340 g/mol. The lowest BCUT2D eigenvalue weighted by molar-refractivity contribution is -0.140. The van der Waals surface area contributed by atoms with E-state index < -0.39 is 5.41 Å². The molecule has 0 bridgehead atoms. The molecule has 2 aromatic rings. The van der Waals surface area contributed by atoms with Crippen LogP contribution in [0.25, 0.3) is 5.69 Å². The largest absolute Gasteiger partial charge is 0.339 e. The summed E-state index contributed by atoms with van der Waals surface area (Å²) in [5.74, 6) is 0.137. The first-order chi connectivity index (χ1) is 12.8. The summed E-state index contributed by atoms with van der Waals surface area (Å²) in [5, 5.41) is 4.45. The van der Waals surface area contributed by atoms with Crippen LogP contribution in [0.2, 0.25) is 0 Å². The van der Waals surface area contributed by atoms with Crippen molar-refractivity contribution in [1.82, 2.24) is 19.6 Å². The van der Waals surface area contributed by atoms with Crippen LogP contribution >= 0.6 is 0 Å². The van der Waals surface area contributed by atoms with Crippen LogP contribution < -0.4 is 0 Å². The first-order valence-corrected chi connectivity index (χ1v) is 9.54. The van der Waals surface area contributed by atoms with Crippen molar-refractivity contribution in [1.29, 1.82) is 0 Å². The van der Waals surface area contributed by atoms with E-state index in [1.165, 1.54) is 0 Å². The van der Waals surface area contributed by atoms with Gasteiger partial charge in [-0.25, -0.2) is 4.68 Å². The molecule has 1 aliphatic heterocycles. The standard InChI is InChI=1S/C21H28N4O2/c1-5-18-17(15-22-25(18)16-9-7-6-8-10-16)19(26)23-11-13-24(14-12-23)20(27)21(2,3)4/h6-10,15H,5,11-14H2,1-4H3. The summed E-state index contributed by atoms with van der Waals surface area (Å²) >= 11 is 0. The Kier molecular flexibility index (Phi) is 5.35. The van der Waals surface area contributed by atoms with E-state index in [1.807, 2.05) is 72.5 Å². The van der Waals surface area contributed by atoms with Crippen molar-refractivity contribution in [3.8, 4) is 5.69 Å². The topological polar surface area (TPSA) is 58.4 Å². The average Bonchev–Trinajstić information content (AvgIpc) is 3.11. The fraction of sp³-hybridized carbons (Fsp3) is 0.476. The summed E-state index contributed by atoms with van der Waals surface area (Å²) in [5.41, 5.74) is 2.13. The normalized spacial score (nSPS) is 15.1. The Morgan fingerprint density at radius 1 is 1.00 bits per heavy atom. The highest BCUT2D eigenvalue weighted by Crippen LogP contribution is 2.21. The number of benzene rings is 1. The lowest BCUT2D eigenvalue weighted by atomic mass is 9.94. The van der Waals surface area contributed by atoms with Gasteiger partial charge < -0.3 is 9.80 Å². The zero-order chi connectivity index (χ0) is 19.6. The fourth-order valence-corrected chi connectivity index (χ4v) is 3.44. The van der Waals surface area contributed by atoms with Crippen molar-refractivity contribution in [3.05, 3.63) is 47.8 Å². The molecular formula is C21H28N4O2. The zero-order valence-corrected chi connectivity index (χ0v) is 16.6. The molecule has 144 valence electrons. The van der Waals surface area contributed by atoms with Crippen molar-refractivity contribution < 1.29 is 9.59 Å². The molecule has 0 atom stereocenters. The Labute approximate surface area is 160 Å². The number of hydrogen-bond acceptors (Lipinski definition) is 3. The summed E-state index contributed by atoms with van der Waals surface area (Å²) in [6.45, 7) is 10.1. The van der Waals surface area contributed by atoms with E-state index in [2.05, 4.69) is 5.10 Å². The number of nitrogens with zero attached hydrogens (tertiary/aromatic N) is 4. The highest BCUT2D eigenvalue weighted by molar-refractivity contribution is 5.95. The molecule has 0 unspecified atom stereocenters. The molecule has 1 fully saturated rings. The summed E-state index contributed by atoms with van der Waals surface area (Å²) < 4.78 is 1.84. The molecule has 2 amide bonds. The molecule has 27 heavy (non-hydrogen) atoms. The van der Waals surface area contributed by atoms with Crippen LogP contribution in [0, 0.1) is 5.41 Å². The molecule has 0 N–H and O–H groups in total. The second-order valence-corrected chi connectivity index (χ2v) is 7.94. The highest BCUT2D eigenvalue weighted by atomic mass is 16.2. The molecule has 2 heterocycles. The lowest BCUT2D eigenvalue weighted by Gasteiger charge is -2.37. The smallest absolute Gasteiger partial charge is 0.257 e. The molecule has 1 aromatic heterocycles. The Morgan fingerprint density at radius 2 is 1.59 bits per heavy atom. The van der Waals surface area contributed by atoms with Crippen molar-refractivity contribution in [2.24, 2.45) is 5.41 Å². The number of carbonyl (C=O) groups is 2. The number of para-hydroxylation sites is 1. The third-order valence-electron chi connectivity index (χ3n) is 4.93. The molecule has 0 saturated carbocycles. The number of aromatic nitrogens is 2. The molecule has 0 radical (unpaired) electrons. The van der Waals surface area contributed by atoms with Crippen LogP contribution in [-0.2, 0) is 11.2 Å². The van der Waals surface area contributed by atoms with Crippen LogP contribution in [0.5, 0.6) is 0 Å². The molecule has 1 aliphatic rings. The third kappa shape index (κ3) is 3.89. The first-order valence-electron chi connectivity index (χ1n) is 9.54. The molecule has 1 saturated heterocycles. The van der Waals surface area contributed by atoms with E-state index in [4.69, 9.17) is 0 Å². The number of hydrogen-bond donors (Lipinski definition) is 0. The molecule has 3 rings (SSSR count). The van der Waals surface area contributed by atoms with Crippen molar-refractivity contribution in [2.75, 3.05) is 26.2 Å². The van der Waals surface area contributed by atoms with Crippen molar-refractivity contribution in [2.45, 2.75) is 34.1 Å². The van der Waals surface area contributed by atoms with Crippen LogP contribution in [0.1, 0.15) is 43.7 Å². The van der Waals surface area contributed by atoms with Crippen molar-refractivity contribution in [3.63, 3.8) is 0 Å². The second kappa shape index (κ2) is 7.55. The van der Waals surface area contributed by atoms with Crippen LogP contribution in [-0.4, -0.2) is 57.6 Å². The van der Waals surface area contributed by atoms with Gasteiger partial charge in [0.1, 0.15) is 0 Å². The van der Waals surface area contributed by atoms with E-state index >= 15 is 0 Å². The predicted octanol–water partition coefficient (Wildman–Crippen LogP) is 2.77. The minimum Gasteiger partial charge on any atom is -0.339 e. The zero-order valence-electron chi connectivity index (χ0n) is 16.6. The van der Waals surface area contributed by atoms with Gasteiger partial charge in [0.2, 0.25) is 5.91 Å². The molecule has 6 heteroatoms. The van der Waals surface area contributed by atoms with Gasteiger partial charge in [-0.1, -0.05) is 45.9 Å². The number of piperazine rings is 1. The summed E-state index contributed by atoms with van der Waals surface area (Å²) in [4.78, 5) is 29.2. The Hall–Kier alpha value is -2.63. The van der Waals surface area contributed by atoms with Crippen LogP contribution in [0.15, 0.2) is 36.5 Å². The minimum absolute atomic E-state index is 0.00288. The second-order valence-electron chi connectivity index (χ2n) is 7.94. The maximum Gasteiger partial charge on any atom is 0.257 e. The first kappa shape index (κ1) is 19.1. The number of amides is 2.